The quantitative estimate of drug-likeness (QED) is 0.217. The molecule has 0 unspecified atom stereocenters. The fourth-order valence-electron chi connectivity index (χ4n) is 5.78. The molecule has 0 spiro atoms. The Labute approximate surface area is 274 Å². The summed E-state index contributed by atoms with van der Waals surface area (Å²) in [6.45, 7) is 0. The Morgan fingerprint density at radius 3 is 0.762 bits per heavy atom. The van der Waals surface area contributed by atoms with Crippen LogP contribution in [0.3, 0.4) is 0 Å². The van der Waals surface area contributed by atoms with Crippen molar-refractivity contribution >= 4 is 23.9 Å². The third kappa shape index (κ3) is 13.1. The SMILES string of the molecule is OC1CCCCC1.OC1CCCCC1.OC1CCCCC1.O[Si](c1ccccc1)(c1ccccc1)c1ccccc1.[Zr]. The average molecular weight is 668 g/mol. The van der Waals surface area contributed by atoms with Crippen LogP contribution in [0.5, 0.6) is 0 Å². The number of hydrogen-bond donors (Lipinski definition) is 4. The van der Waals surface area contributed by atoms with E-state index in [1.165, 1.54) is 57.8 Å². The second kappa shape index (κ2) is 21.3. The number of hydrogen-bond acceptors (Lipinski definition) is 4. The van der Waals surface area contributed by atoms with Crippen molar-refractivity contribution in [2.24, 2.45) is 0 Å². The van der Waals surface area contributed by atoms with Gasteiger partial charge in [0.1, 0.15) is 0 Å². The van der Waals surface area contributed by atoms with E-state index in [4.69, 9.17) is 15.3 Å². The van der Waals surface area contributed by atoms with Crippen molar-refractivity contribution in [1.82, 2.24) is 0 Å². The van der Waals surface area contributed by atoms with Crippen LogP contribution >= 0.6 is 0 Å². The van der Waals surface area contributed by atoms with Crippen LogP contribution < -0.4 is 15.6 Å². The fourth-order valence-corrected chi connectivity index (χ4v) is 8.81. The smallest absolute Gasteiger partial charge is 0.285 e. The third-order valence-electron chi connectivity index (χ3n) is 8.30. The zero-order valence-electron chi connectivity index (χ0n) is 25.3. The van der Waals surface area contributed by atoms with Gasteiger partial charge in [0.05, 0.1) is 18.3 Å². The zero-order chi connectivity index (χ0) is 29.2. The number of benzene rings is 3. The monoisotopic (exact) mass is 666 g/mol. The summed E-state index contributed by atoms with van der Waals surface area (Å²) in [4.78, 5) is 11.6. The van der Waals surface area contributed by atoms with Gasteiger partial charge in [-0.1, -0.05) is 149 Å². The number of aliphatic hydroxyl groups is 3. The molecule has 6 heteroatoms. The van der Waals surface area contributed by atoms with Crippen molar-refractivity contribution in [1.29, 1.82) is 0 Å². The van der Waals surface area contributed by atoms with E-state index in [0.29, 0.717) is 0 Å². The van der Waals surface area contributed by atoms with Crippen LogP contribution in [0.1, 0.15) is 96.3 Å². The molecule has 3 saturated carbocycles. The van der Waals surface area contributed by atoms with Crippen LogP contribution in [0.15, 0.2) is 91.0 Å². The second-order valence-corrected chi connectivity index (χ2v) is 14.8. The van der Waals surface area contributed by atoms with Gasteiger partial charge < -0.3 is 20.1 Å². The molecule has 0 heterocycles. The van der Waals surface area contributed by atoms with Crippen LogP contribution in [-0.2, 0) is 26.2 Å². The van der Waals surface area contributed by atoms with Gasteiger partial charge in [0.15, 0.2) is 0 Å². The molecule has 0 aromatic heterocycles. The average Bonchev–Trinajstić information content (AvgIpc) is 3.04. The van der Waals surface area contributed by atoms with Gasteiger partial charge in [-0.2, -0.15) is 0 Å². The largest absolute Gasteiger partial charge is 0.421 e. The standard InChI is InChI=1S/C18H16OSi.3C6H12O.Zr/c19-20(16-10-4-1-5-11-16,17-12-6-2-7-13-17)18-14-8-3-9-15-18;3*7-6-4-2-1-3-5-6;/h1-15,19H;3*6-7H,1-5H2;. The predicted molar refractivity (Wildman–Crippen MR) is 173 cm³/mol. The molecule has 3 aromatic carbocycles. The van der Waals surface area contributed by atoms with Crippen molar-refractivity contribution in [2.75, 3.05) is 0 Å². The van der Waals surface area contributed by atoms with Gasteiger partial charge >= 0.3 is 0 Å². The van der Waals surface area contributed by atoms with Crippen LogP contribution in [-0.4, -0.2) is 46.7 Å². The van der Waals surface area contributed by atoms with Crippen molar-refractivity contribution in [3.63, 3.8) is 0 Å². The van der Waals surface area contributed by atoms with Crippen molar-refractivity contribution in [2.45, 2.75) is 115 Å². The van der Waals surface area contributed by atoms with Crippen LogP contribution in [0, 0.1) is 0 Å². The molecule has 3 aliphatic rings. The van der Waals surface area contributed by atoms with E-state index in [1.807, 2.05) is 91.0 Å². The summed E-state index contributed by atoms with van der Waals surface area (Å²) in [6, 6.07) is 30.0. The molecule has 0 saturated heterocycles. The predicted octanol–water partition coefficient (Wildman–Crippen LogP) is 5.58. The van der Waals surface area contributed by atoms with Crippen molar-refractivity contribution in [3.05, 3.63) is 91.0 Å². The molecular formula is C36H52O4SiZr. The summed E-state index contributed by atoms with van der Waals surface area (Å²) in [5, 5.41) is 29.8. The molecule has 3 aliphatic carbocycles. The minimum Gasteiger partial charge on any atom is -0.421 e. The molecule has 0 aliphatic heterocycles. The van der Waals surface area contributed by atoms with E-state index in [2.05, 4.69) is 0 Å². The molecule has 4 N–H and O–H groups in total. The summed E-state index contributed by atoms with van der Waals surface area (Å²) in [5.41, 5.74) is 0. The van der Waals surface area contributed by atoms with Gasteiger partial charge in [0.25, 0.3) is 8.32 Å². The van der Waals surface area contributed by atoms with Crippen LogP contribution in [0.2, 0.25) is 0 Å². The van der Waals surface area contributed by atoms with Gasteiger partial charge in [-0.05, 0) is 54.1 Å². The van der Waals surface area contributed by atoms with Gasteiger partial charge in [0, 0.05) is 26.2 Å². The first-order chi connectivity index (χ1) is 20.0. The second-order valence-electron chi connectivity index (χ2n) is 11.7. The Morgan fingerprint density at radius 2 is 0.595 bits per heavy atom. The summed E-state index contributed by atoms with van der Waals surface area (Å²) in [6.07, 6.45) is 17.8. The summed E-state index contributed by atoms with van der Waals surface area (Å²) in [5.74, 6) is 0. The minimum atomic E-state index is -2.88. The molecule has 0 amide bonds. The van der Waals surface area contributed by atoms with E-state index >= 15 is 0 Å². The minimum absolute atomic E-state index is 0. The summed E-state index contributed by atoms with van der Waals surface area (Å²) >= 11 is 0. The molecule has 3 fully saturated rings. The van der Waals surface area contributed by atoms with Crippen LogP contribution in [0.25, 0.3) is 0 Å². The van der Waals surface area contributed by atoms with Crippen LogP contribution in [0.4, 0.5) is 0 Å². The van der Waals surface area contributed by atoms with E-state index in [9.17, 15) is 4.80 Å². The molecule has 0 atom stereocenters. The Morgan fingerprint density at radius 1 is 0.381 bits per heavy atom. The normalized spacial score (nSPS) is 18.0. The van der Waals surface area contributed by atoms with E-state index in [-0.39, 0.29) is 44.5 Å². The maximum absolute atomic E-state index is 11.6. The molecule has 3 aromatic rings. The Balaban J connectivity index is 0.000000229. The summed E-state index contributed by atoms with van der Waals surface area (Å²) < 4.78 is 0. The Hall–Kier alpha value is -1.40. The van der Waals surface area contributed by atoms with Crippen molar-refractivity contribution < 1.29 is 46.3 Å². The first kappa shape index (κ1) is 36.8. The zero-order valence-corrected chi connectivity index (χ0v) is 28.7. The maximum Gasteiger partial charge on any atom is 0.285 e. The fraction of sp³-hybridized carbons (Fsp3) is 0.500. The molecule has 4 nitrogen and oxygen atoms in total. The first-order valence-electron chi connectivity index (χ1n) is 15.9. The number of aliphatic hydroxyl groups excluding tert-OH is 3. The van der Waals surface area contributed by atoms with Gasteiger partial charge in [-0.25, -0.2) is 0 Å². The van der Waals surface area contributed by atoms with Gasteiger partial charge in [-0.15, -0.1) is 0 Å². The van der Waals surface area contributed by atoms with E-state index in [0.717, 1.165) is 54.1 Å². The summed E-state index contributed by atoms with van der Waals surface area (Å²) in [7, 11) is -2.88. The Kier molecular flexibility index (Phi) is 18.7. The third-order valence-corrected chi connectivity index (χ3v) is 11.8. The molecular weight excluding hydrogens is 616 g/mol. The maximum atomic E-state index is 11.6. The molecule has 42 heavy (non-hydrogen) atoms. The van der Waals surface area contributed by atoms with Gasteiger partial charge in [-0.3, -0.25) is 0 Å². The van der Waals surface area contributed by atoms with E-state index < -0.39 is 8.32 Å². The topological polar surface area (TPSA) is 80.9 Å². The molecule has 228 valence electrons. The molecule has 0 radical (unpaired) electrons. The number of rotatable bonds is 3. The van der Waals surface area contributed by atoms with Gasteiger partial charge in [0.2, 0.25) is 0 Å². The van der Waals surface area contributed by atoms with E-state index in [1.54, 1.807) is 0 Å². The molecule has 0 bridgehead atoms. The molecule has 6 rings (SSSR count). The Bertz CT molecular complexity index is 901. The van der Waals surface area contributed by atoms with Crippen molar-refractivity contribution in [3.8, 4) is 0 Å². The first-order valence-corrected chi connectivity index (χ1v) is 17.9.